The van der Waals surface area contributed by atoms with Crippen molar-refractivity contribution in [2.45, 2.75) is 6.54 Å². The second-order valence-corrected chi connectivity index (χ2v) is 8.14. The first kappa shape index (κ1) is 19.8. The molecule has 2 aliphatic heterocycles. The van der Waals surface area contributed by atoms with E-state index in [2.05, 4.69) is 25.2 Å². The number of benzene rings is 1. The molecule has 0 saturated carbocycles. The summed E-state index contributed by atoms with van der Waals surface area (Å²) in [6.45, 7) is 5.26. The summed E-state index contributed by atoms with van der Waals surface area (Å²) in [6.07, 6.45) is 1.40. The van der Waals surface area contributed by atoms with E-state index in [1.807, 2.05) is 17.0 Å². The molecule has 0 bridgehead atoms. The minimum absolute atomic E-state index is 0.0382. The number of aromatic nitrogens is 3. The highest BCUT2D eigenvalue weighted by Gasteiger charge is 2.35. The van der Waals surface area contributed by atoms with Crippen LogP contribution >= 0.6 is 0 Å². The van der Waals surface area contributed by atoms with Gasteiger partial charge in [0.15, 0.2) is 5.82 Å². The van der Waals surface area contributed by atoms with Crippen molar-refractivity contribution < 1.29 is 9.18 Å². The van der Waals surface area contributed by atoms with Crippen LogP contribution in [0.1, 0.15) is 5.56 Å². The molecule has 4 heterocycles. The van der Waals surface area contributed by atoms with E-state index >= 15 is 0 Å². The third-order valence-corrected chi connectivity index (χ3v) is 5.90. The van der Waals surface area contributed by atoms with Crippen molar-refractivity contribution >= 4 is 22.8 Å². The van der Waals surface area contributed by atoms with Gasteiger partial charge in [-0.1, -0.05) is 0 Å². The van der Waals surface area contributed by atoms with Crippen molar-refractivity contribution in [2.24, 2.45) is 5.92 Å². The van der Waals surface area contributed by atoms with Crippen molar-refractivity contribution in [1.82, 2.24) is 30.1 Å². The van der Waals surface area contributed by atoms with Crippen molar-refractivity contribution in [2.75, 3.05) is 45.0 Å². The number of nitrogens with one attached hydrogen (secondary N) is 1. The predicted octanol–water partition coefficient (Wildman–Crippen LogP) is 1.28. The maximum absolute atomic E-state index is 14.4. The van der Waals surface area contributed by atoms with Crippen molar-refractivity contribution in [3.63, 3.8) is 0 Å². The van der Waals surface area contributed by atoms with E-state index in [1.54, 1.807) is 6.07 Å². The zero-order valence-electron chi connectivity index (χ0n) is 17.1. The van der Waals surface area contributed by atoms with Gasteiger partial charge in [-0.05, 0) is 35.9 Å². The standard InChI is InChI=1S/C22H24FN7O/c23-17-8-14(10-29-11-16(12-29)22(31)30-5-3-25-4-6-30)7-15(9-17)18-1-2-19-20(28-18)21(24)27-13-26-19/h1-2,7-9,13,16,25H,3-6,10-12H2,(H2,24,26,27). The molecule has 1 amide bonds. The summed E-state index contributed by atoms with van der Waals surface area (Å²) >= 11 is 0. The molecule has 0 aliphatic carbocycles. The molecule has 0 atom stereocenters. The number of amides is 1. The Kier molecular flexibility index (Phi) is 5.21. The Morgan fingerprint density at radius 2 is 1.97 bits per heavy atom. The first-order chi connectivity index (χ1) is 15.1. The van der Waals surface area contributed by atoms with Gasteiger partial charge in [0.05, 0.1) is 17.1 Å². The summed E-state index contributed by atoms with van der Waals surface area (Å²) in [7, 11) is 0. The van der Waals surface area contributed by atoms with Gasteiger partial charge in [-0.2, -0.15) is 0 Å². The zero-order valence-corrected chi connectivity index (χ0v) is 17.1. The number of pyridine rings is 1. The number of hydrogen-bond acceptors (Lipinski definition) is 7. The largest absolute Gasteiger partial charge is 0.382 e. The first-order valence-electron chi connectivity index (χ1n) is 10.5. The monoisotopic (exact) mass is 421 g/mol. The molecular formula is C22H24FN7O. The molecule has 2 fully saturated rings. The van der Waals surface area contributed by atoms with Gasteiger partial charge in [0.1, 0.15) is 17.7 Å². The smallest absolute Gasteiger partial charge is 0.228 e. The van der Waals surface area contributed by atoms with Crippen LogP contribution < -0.4 is 11.1 Å². The second kappa shape index (κ2) is 8.16. The Bertz CT molecular complexity index is 1130. The molecule has 0 radical (unpaired) electrons. The number of halogens is 1. The van der Waals surface area contributed by atoms with E-state index in [0.29, 0.717) is 47.7 Å². The minimum Gasteiger partial charge on any atom is -0.382 e. The molecule has 0 unspecified atom stereocenters. The number of likely N-dealkylation sites (tertiary alicyclic amines) is 1. The molecule has 31 heavy (non-hydrogen) atoms. The van der Waals surface area contributed by atoms with Crippen LogP contribution in [-0.2, 0) is 11.3 Å². The third-order valence-electron chi connectivity index (χ3n) is 5.90. The number of nitrogen functional groups attached to an aromatic ring is 1. The molecule has 160 valence electrons. The second-order valence-electron chi connectivity index (χ2n) is 8.14. The van der Waals surface area contributed by atoms with Crippen LogP contribution in [0.5, 0.6) is 0 Å². The molecule has 5 rings (SSSR count). The molecule has 2 saturated heterocycles. The SMILES string of the molecule is Nc1ncnc2ccc(-c3cc(F)cc(CN4CC(C(=O)N5CCNCC5)C4)c3)nc12. The molecule has 1 aromatic carbocycles. The van der Waals surface area contributed by atoms with Crippen LogP contribution in [0.3, 0.4) is 0 Å². The third kappa shape index (κ3) is 4.06. The number of hydrogen-bond donors (Lipinski definition) is 2. The van der Waals surface area contributed by atoms with Crippen LogP contribution in [0.15, 0.2) is 36.7 Å². The number of fused-ring (bicyclic) bond motifs is 1. The van der Waals surface area contributed by atoms with Crippen molar-refractivity contribution in [1.29, 1.82) is 0 Å². The van der Waals surface area contributed by atoms with E-state index in [0.717, 1.165) is 31.7 Å². The van der Waals surface area contributed by atoms with Crippen LogP contribution in [0, 0.1) is 11.7 Å². The average Bonchev–Trinajstić information content (AvgIpc) is 2.76. The lowest BCUT2D eigenvalue weighted by Crippen LogP contribution is -2.57. The van der Waals surface area contributed by atoms with Crippen LogP contribution in [0.2, 0.25) is 0 Å². The lowest BCUT2D eigenvalue weighted by atomic mass is 9.96. The van der Waals surface area contributed by atoms with Gasteiger partial charge in [0.25, 0.3) is 0 Å². The van der Waals surface area contributed by atoms with E-state index in [4.69, 9.17) is 5.73 Å². The molecule has 3 N–H and O–H groups in total. The first-order valence-corrected chi connectivity index (χ1v) is 10.5. The van der Waals surface area contributed by atoms with Gasteiger partial charge in [0.2, 0.25) is 5.91 Å². The van der Waals surface area contributed by atoms with E-state index in [-0.39, 0.29) is 17.6 Å². The van der Waals surface area contributed by atoms with Crippen molar-refractivity contribution in [3.05, 3.63) is 48.0 Å². The fraction of sp³-hybridized carbons (Fsp3) is 0.364. The fourth-order valence-corrected chi connectivity index (χ4v) is 4.27. The van der Waals surface area contributed by atoms with Gasteiger partial charge < -0.3 is 16.0 Å². The summed E-state index contributed by atoms with van der Waals surface area (Å²) in [5.41, 5.74) is 9.21. The summed E-state index contributed by atoms with van der Waals surface area (Å²) in [5, 5.41) is 3.26. The van der Waals surface area contributed by atoms with E-state index in [1.165, 1.54) is 18.5 Å². The zero-order chi connectivity index (χ0) is 21.4. The number of piperazine rings is 1. The Hall–Kier alpha value is -3.17. The van der Waals surface area contributed by atoms with Crippen LogP contribution in [-0.4, -0.2) is 69.9 Å². The summed E-state index contributed by atoms with van der Waals surface area (Å²) < 4.78 is 14.4. The van der Waals surface area contributed by atoms with E-state index in [9.17, 15) is 9.18 Å². The van der Waals surface area contributed by atoms with Crippen LogP contribution in [0.4, 0.5) is 10.2 Å². The Balaban J connectivity index is 1.29. The van der Waals surface area contributed by atoms with E-state index < -0.39 is 0 Å². The number of nitrogens with zero attached hydrogens (tertiary/aromatic N) is 5. The quantitative estimate of drug-likeness (QED) is 0.654. The lowest BCUT2D eigenvalue weighted by Gasteiger charge is -2.41. The number of carbonyl (C=O) groups excluding carboxylic acids is 1. The average molecular weight is 421 g/mol. The Morgan fingerprint density at radius 1 is 1.16 bits per heavy atom. The number of carbonyl (C=O) groups is 1. The van der Waals surface area contributed by atoms with Gasteiger partial charge in [-0.3, -0.25) is 9.69 Å². The lowest BCUT2D eigenvalue weighted by molar-refractivity contribution is -0.141. The molecule has 2 aliphatic rings. The van der Waals surface area contributed by atoms with Crippen molar-refractivity contribution in [3.8, 4) is 11.3 Å². The molecular weight excluding hydrogens is 397 g/mol. The summed E-state index contributed by atoms with van der Waals surface area (Å²) in [5.74, 6) is 0.249. The minimum atomic E-state index is -0.319. The topological polar surface area (TPSA) is 100 Å². The van der Waals surface area contributed by atoms with Gasteiger partial charge in [-0.15, -0.1) is 0 Å². The molecule has 8 nitrogen and oxygen atoms in total. The maximum atomic E-state index is 14.4. The molecule has 0 spiro atoms. The molecule has 2 aromatic heterocycles. The van der Waals surface area contributed by atoms with Crippen LogP contribution in [0.25, 0.3) is 22.3 Å². The highest BCUT2D eigenvalue weighted by atomic mass is 19.1. The predicted molar refractivity (Wildman–Crippen MR) is 115 cm³/mol. The number of rotatable bonds is 4. The van der Waals surface area contributed by atoms with Gasteiger partial charge in [-0.25, -0.2) is 19.3 Å². The molecule has 9 heteroatoms. The fourth-order valence-electron chi connectivity index (χ4n) is 4.27. The number of anilines is 1. The Labute approximate surface area is 179 Å². The molecule has 3 aromatic rings. The maximum Gasteiger partial charge on any atom is 0.228 e. The Morgan fingerprint density at radius 3 is 2.77 bits per heavy atom. The van der Waals surface area contributed by atoms with Gasteiger partial charge in [0, 0.05) is 51.4 Å². The summed E-state index contributed by atoms with van der Waals surface area (Å²) in [6, 6.07) is 8.54. The number of nitrogens with two attached hydrogens (primary N) is 1. The highest BCUT2D eigenvalue weighted by Crippen LogP contribution is 2.26. The summed E-state index contributed by atoms with van der Waals surface area (Å²) in [4.78, 5) is 29.4. The normalized spacial score (nSPS) is 17.6. The highest BCUT2D eigenvalue weighted by molar-refractivity contribution is 5.85. The van der Waals surface area contributed by atoms with Gasteiger partial charge >= 0.3 is 0 Å².